The summed E-state index contributed by atoms with van der Waals surface area (Å²) in [6, 6.07) is 3.05. The molecule has 0 unspecified atom stereocenters. The number of rotatable bonds is 6. The van der Waals surface area contributed by atoms with Gasteiger partial charge in [-0.25, -0.2) is 17.5 Å². The van der Waals surface area contributed by atoms with Crippen molar-refractivity contribution in [3.63, 3.8) is 0 Å². The summed E-state index contributed by atoms with van der Waals surface area (Å²) in [5, 5.41) is 2.44. The van der Waals surface area contributed by atoms with Crippen LogP contribution in [0.25, 0.3) is 0 Å². The van der Waals surface area contributed by atoms with Crippen LogP contribution >= 0.6 is 12.2 Å². The Morgan fingerprint density at radius 1 is 1.45 bits per heavy atom. The van der Waals surface area contributed by atoms with Crippen molar-refractivity contribution in [1.82, 2.24) is 10.0 Å². The molecule has 1 aromatic carbocycles. The second-order valence-electron chi connectivity index (χ2n) is 3.78. The van der Waals surface area contributed by atoms with Crippen LogP contribution in [-0.2, 0) is 14.8 Å². The zero-order valence-corrected chi connectivity index (χ0v) is 12.3. The summed E-state index contributed by atoms with van der Waals surface area (Å²) in [6.45, 7) is 1.69. The lowest BCUT2D eigenvalue weighted by Gasteiger charge is -2.08. The fraction of sp³-hybridized carbons (Fsp3) is 0.273. The molecule has 1 aromatic rings. The van der Waals surface area contributed by atoms with Gasteiger partial charge in [0.15, 0.2) is 0 Å². The van der Waals surface area contributed by atoms with Crippen LogP contribution < -0.4 is 15.8 Å². The Morgan fingerprint density at radius 3 is 2.65 bits per heavy atom. The van der Waals surface area contributed by atoms with Gasteiger partial charge in [0.05, 0.1) is 11.4 Å². The highest BCUT2D eigenvalue weighted by molar-refractivity contribution is 7.89. The molecule has 1 rings (SSSR count). The minimum Gasteiger partial charge on any atom is -0.389 e. The number of benzene rings is 1. The Hall–Kier alpha value is -1.58. The molecule has 0 atom stereocenters. The highest BCUT2D eigenvalue weighted by Gasteiger charge is 2.18. The second-order valence-corrected chi connectivity index (χ2v) is 5.99. The summed E-state index contributed by atoms with van der Waals surface area (Å²) < 4.78 is 39.3. The average molecular weight is 319 g/mol. The van der Waals surface area contributed by atoms with Gasteiger partial charge in [-0.1, -0.05) is 12.2 Å². The summed E-state index contributed by atoms with van der Waals surface area (Å²) in [4.78, 5) is 10.7. The van der Waals surface area contributed by atoms with Crippen LogP contribution in [0.3, 0.4) is 0 Å². The molecule has 0 fully saturated rings. The maximum Gasteiger partial charge on any atom is 0.241 e. The molecule has 0 heterocycles. The van der Waals surface area contributed by atoms with Crippen molar-refractivity contribution >= 4 is 33.1 Å². The lowest BCUT2D eigenvalue weighted by molar-refractivity contribution is -0.119. The number of halogens is 1. The maximum atomic E-state index is 13.4. The van der Waals surface area contributed by atoms with Crippen LogP contribution in [0.1, 0.15) is 12.5 Å². The molecule has 0 aliphatic heterocycles. The van der Waals surface area contributed by atoms with E-state index in [-0.39, 0.29) is 15.4 Å². The quantitative estimate of drug-likeness (QED) is 0.634. The van der Waals surface area contributed by atoms with E-state index in [1.807, 2.05) is 0 Å². The fourth-order valence-electron chi connectivity index (χ4n) is 1.36. The van der Waals surface area contributed by atoms with E-state index in [1.54, 1.807) is 6.92 Å². The first-order chi connectivity index (χ1) is 9.27. The van der Waals surface area contributed by atoms with Crippen LogP contribution in [0.5, 0.6) is 0 Å². The van der Waals surface area contributed by atoms with Crippen molar-refractivity contribution in [2.24, 2.45) is 5.73 Å². The van der Waals surface area contributed by atoms with Gasteiger partial charge in [0.2, 0.25) is 15.9 Å². The molecule has 4 N–H and O–H groups in total. The van der Waals surface area contributed by atoms with Gasteiger partial charge in [0.25, 0.3) is 0 Å². The number of thiocarbonyl (C=S) groups is 1. The molecule has 0 spiro atoms. The zero-order valence-electron chi connectivity index (χ0n) is 10.6. The SMILES string of the molecule is CCNC(=O)CNS(=O)(=O)c1ccc(F)c(C(N)=S)c1. The first-order valence-electron chi connectivity index (χ1n) is 5.63. The predicted octanol–water partition coefficient (Wildman–Crippen LogP) is -0.126. The first-order valence-corrected chi connectivity index (χ1v) is 7.52. The van der Waals surface area contributed by atoms with Gasteiger partial charge in [0, 0.05) is 12.1 Å². The van der Waals surface area contributed by atoms with Gasteiger partial charge >= 0.3 is 0 Å². The summed E-state index contributed by atoms with van der Waals surface area (Å²) in [6.07, 6.45) is 0. The maximum absolute atomic E-state index is 13.4. The smallest absolute Gasteiger partial charge is 0.241 e. The summed E-state index contributed by atoms with van der Waals surface area (Å²) >= 11 is 4.63. The number of nitrogens with two attached hydrogens (primary N) is 1. The molecule has 0 radical (unpaired) electrons. The van der Waals surface area contributed by atoms with Crippen molar-refractivity contribution < 1.29 is 17.6 Å². The van der Waals surface area contributed by atoms with Crippen molar-refractivity contribution in [2.45, 2.75) is 11.8 Å². The number of carbonyl (C=O) groups excluding carboxylic acids is 1. The Balaban J connectivity index is 2.96. The molecule has 0 saturated heterocycles. The largest absolute Gasteiger partial charge is 0.389 e. The standard InChI is InChI=1S/C11H14FN3O3S2/c1-2-14-10(16)6-15-20(17,18)7-3-4-9(12)8(5-7)11(13)19/h3-5,15H,2,6H2,1H3,(H2,13,19)(H,14,16). The normalized spacial score (nSPS) is 11.1. The Labute approximate surface area is 121 Å². The van der Waals surface area contributed by atoms with Crippen molar-refractivity contribution in [3.8, 4) is 0 Å². The molecule has 0 aromatic heterocycles. The zero-order chi connectivity index (χ0) is 15.3. The summed E-state index contributed by atoms with van der Waals surface area (Å²) in [5.41, 5.74) is 5.13. The van der Waals surface area contributed by atoms with Crippen molar-refractivity contribution in [1.29, 1.82) is 0 Å². The molecule has 0 aliphatic carbocycles. The lowest BCUT2D eigenvalue weighted by Crippen LogP contribution is -2.36. The van der Waals surface area contributed by atoms with E-state index in [1.165, 1.54) is 0 Å². The van der Waals surface area contributed by atoms with Gasteiger partial charge in [-0.2, -0.15) is 0 Å². The molecule has 6 nitrogen and oxygen atoms in total. The molecule has 0 aliphatic rings. The molecular weight excluding hydrogens is 305 g/mol. The highest BCUT2D eigenvalue weighted by Crippen LogP contribution is 2.14. The van der Waals surface area contributed by atoms with Crippen LogP contribution in [0.2, 0.25) is 0 Å². The number of likely N-dealkylation sites (N-methyl/N-ethyl adjacent to an activating group) is 1. The number of carbonyl (C=O) groups is 1. The minimum atomic E-state index is -3.94. The first kappa shape index (κ1) is 16.5. The Morgan fingerprint density at radius 2 is 2.10 bits per heavy atom. The van der Waals surface area contributed by atoms with Gasteiger partial charge in [0.1, 0.15) is 10.8 Å². The number of sulfonamides is 1. The van der Waals surface area contributed by atoms with Gasteiger partial charge in [-0.3, -0.25) is 4.79 Å². The van der Waals surface area contributed by atoms with E-state index < -0.39 is 28.3 Å². The minimum absolute atomic E-state index is 0.166. The van der Waals surface area contributed by atoms with Crippen LogP contribution in [0.15, 0.2) is 23.1 Å². The number of hydrogen-bond donors (Lipinski definition) is 3. The monoisotopic (exact) mass is 319 g/mol. The molecule has 1 amide bonds. The third-order valence-corrected chi connectivity index (χ3v) is 3.93. The van der Waals surface area contributed by atoms with Crippen molar-refractivity contribution in [3.05, 3.63) is 29.6 Å². The van der Waals surface area contributed by atoms with E-state index in [9.17, 15) is 17.6 Å². The fourth-order valence-corrected chi connectivity index (χ4v) is 2.53. The number of nitrogens with one attached hydrogen (secondary N) is 2. The number of hydrogen-bond acceptors (Lipinski definition) is 4. The van der Waals surface area contributed by atoms with Crippen LogP contribution in [0.4, 0.5) is 4.39 Å². The van der Waals surface area contributed by atoms with E-state index >= 15 is 0 Å². The molecule has 0 saturated carbocycles. The van der Waals surface area contributed by atoms with Gasteiger partial charge in [-0.05, 0) is 25.1 Å². The second kappa shape index (κ2) is 6.73. The molecule has 20 heavy (non-hydrogen) atoms. The molecular formula is C11H14FN3O3S2. The Kier molecular flexibility index (Phi) is 5.54. The molecule has 0 bridgehead atoms. The van der Waals surface area contributed by atoms with E-state index in [0.717, 1.165) is 18.2 Å². The highest BCUT2D eigenvalue weighted by atomic mass is 32.2. The van der Waals surface area contributed by atoms with Crippen LogP contribution in [0, 0.1) is 5.82 Å². The third-order valence-electron chi connectivity index (χ3n) is 2.31. The van der Waals surface area contributed by atoms with E-state index in [2.05, 4.69) is 22.3 Å². The predicted molar refractivity (Wildman–Crippen MR) is 76.2 cm³/mol. The molecule has 110 valence electrons. The van der Waals surface area contributed by atoms with Gasteiger partial charge in [-0.15, -0.1) is 0 Å². The summed E-state index contributed by atoms with van der Waals surface area (Å²) in [7, 11) is -3.94. The van der Waals surface area contributed by atoms with Crippen LogP contribution in [-0.4, -0.2) is 32.4 Å². The van der Waals surface area contributed by atoms with Crippen molar-refractivity contribution in [2.75, 3.05) is 13.1 Å². The van der Waals surface area contributed by atoms with E-state index in [4.69, 9.17) is 5.73 Å². The Bertz CT molecular complexity index is 632. The molecule has 9 heteroatoms. The average Bonchev–Trinajstić information content (AvgIpc) is 2.37. The summed E-state index contributed by atoms with van der Waals surface area (Å²) in [5.74, 6) is -1.17. The topological polar surface area (TPSA) is 101 Å². The lowest BCUT2D eigenvalue weighted by atomic mass is 10.2. The van der Waals surface area contributed by atoms with Gasteiger partial charge < -0.3 is 11.1 Å². The number of amides is 1. The van der Waals surface area contributed by atoms with E-state index in [0.29, 0.717) is 6.54 Å². The third kappa shape index (κ3) is 4.22.